The molecule has 0 saturated carbocycles. The van der Waals surface area contributed by atoms with Gasteiger partial charge < -0.3 is 29.3 Å². The van der Waals surface area contributed by atoms with E-state index in [0.717, 1.165) is 6.42 Å². The van der Waals surface area contributed by atoms with Crippen molar-refractivity contribution in [3.63, 3.8) is 0 Å². The third-order valence-corrected chi connectivity index (χ3v) is 9.24. The lowest BCUT2D eigenvalue weighted by atomic mass is 9.62. The minimum Gasteiger partial charge on any atom is -0.497 e. The van der Waals surface area contributed by atoms with Gasteiger partial charge in [-0.3, -0.25) is 14.4 Å². The Morgan fingerprint density at radius 3 is 2.44 bits per heavy atom. The van der Waals surface area contributed by atoms with Crippen molar-refractivity contribution in [2.75, 3.05) is 44.8 Å². The van der Waals surface area contributed by atoms with E-state index in [2.05, 4.69) is 13.2 Å². The summed E-state index contributed by atoms with van der Waals surface area (Å²) in [6.45, 7) is 15.1. The van der Waals surface area contributed by atoms with Gasteiger partial charge in [0.25, 0.3) is 5.91 Å². The Kier molecular flexibility index (Phi) is 9.29. The van der Waals surface area contributed by atoms with Gasteiger partial charge >= 0.3 is 0 Å². The standard InChI is InChI=1S/C32H45N3O6/c1-7-16-33(17-8-2)28(37)25-26-29(38)35(19-10-11-20-36)27(32(26)21-22(4)31(25,5)41-32)30(39)34(18-9-3)23-12-14-24(40-6)15-13-23/h7,9,12-15,22,25-27,36H,1,3,8,10-11,16-21H2,2,4-6H3/t22?,25-,26+,27?,31+,32?/m1/s1. The summed E-state index contributed by atoms with van der Waals surface area (Å²) in [6.07, 6.45) is 5.66. The highest BCUT2D eigenvalue weighted by molar-refractivity contribution is 6.05. The van der Waals surface area contributed by atoms with Gasteiger partial charge in [-0.25, -0.2) is 0 Å². The van der Waals surface area contributed by atoms with Crippen LogP contribution < -0.4 is 9.64 Å². The zero-order valence-corrected chi connectivity index (χ0v) is 24.9. The van der Waals surface area contributed by atoms with Gasteiger partial charge in [0.1, 0.15) is 17.4 Å². The minimum atomic E-state index is -1.14. The van der Waals surface area contributed by atoms with Crippen LogP contribution in [0.3, 0.4) is 0 Å². The molecule has 6 atom stereocenters. The molecule has 0 radical (unpaired) electrons. The third kappa shape index (κ3) is 5.07. The van der Waals surface area contributed by atoms with Gasteiger partial charge in [-0.15, -0.1) is 13.2 Å². The van der Waals surface area contributed by atoms with Gasteiger partial charge in [-0.1, -0.05) is 26.0 Å². The van der Waals surface area contributed by atoms with Crippen LogP contribution in [-0.4, -0.2) is 89.8 Å². The predicted molar refractivity (Wildman–Crippen MR) is 157 cm³/mol. The van der Waals surface area contributed by atoms with E-state index in [4.69, 9.17) is 9.47 Å². The average molecular weight is 568 g/mol. The number of benzene rings is 1. The van der Waals surface area contributed by atoms with Gasteiger partial charge in [-0.05, 0) is 62.8 Å². The quantitative estimate of drug-likeness (QED) is 0.273. The second-order valence-electron chi connectivity index (χ2n) is 11.7. The van der Waals surface area contributed by atoms with Crippen LogP contribution in [0, 0.1) is 17.8 Å². The van der Waals surface area contributed by atoms with E-state index in [9.17, 15) is 19.5 Å². The second-order valence-corrected chi connectivity index (χ2v) is 11.7. The summed E-state index contributed by atoms with van der Waals surface area (Å²) < 4.78 is 12.2. The zero-order valence-electron chi connectivity index (χ0n) is 24.9. The maximum atomic E-state index is 14.6. The topological polar surface area (TPSA) is 99.6 Å². The molecule has 3 unspecified atom stereocenters. The van der Waals surface area contributed by atoms with Gasteiger partial charge in [0.2, 0.25) is 11.8 Å². The van der Waals surface area contributed by atoms with E-state index >= 15 is 0 Å². The highest BCUT2D eigenvalue weighted by atomic mass is 16.5. The summed E-state index contributed by atoms with van der Waals surface area (Å²) >= 11 is 0. The highest BCUT2D eigenvalue weighted by Crippen LogP contribution is 2.65. The Hall–Kier alpha value is -3.17. The van der Waals surface area contributed by atoms with Gasteiger partial charge in [0.05, 0.1) is 24.5 Å². The summed E-state index contributed by atoms with van der Waals surface area (Å²) in [5.41, 5.74) is -1.37. The van der Waals surface area contributed by atoms with Crippen LogP contribution in [0.15, 0.2) is 49.6 Å². The van der Waals surface area contributed by atoms with E-state index < -0.39 is 29.1 Å². The van der Waals surface area contributed by atoms with Crippen molar-refractivity contribution in [3.8, 4) is 5.75 Å². The number of amides is 3. The fourth-order valence-corrected chi connectivity index (χ4v) is 7.30. The van der Waals surface area contributed by atoms with Crippen molar-refractivity contribution in [3.05, 3.63) is 49.6 Å². The van der Waals surface area contributed by atoms with Crippen molar-refractivity contribution in [1.82, 2.24) is 9.80 Å². The molecule has 41 heavy (non-hydrogen) atoms. The number of carbonyl (C=O) groups excluding carboxylic acids is 3. The molecule has 1 aromatic rings. The molecule has 2 bridgehead atoms. The molecule has 3 amide bonds. The Bertz CT molecular complexity index is 1150. The largest absolute Gasteiger partial charge is 0.497 e. The average Bonchev–Trinajstić information content (AvgIpc) is 3.47. The summed E-state index contributed by atoms with van der Waals surface area (Å²) in [6, 6.07) is 6.28. The first-order valence-corrected chi connectivity index (χ1v) is 14.7. The van der Waals surface area contributed by atoms with Crippen LogP contribution >= 0.6 is 0 Å². The predicted octanol–water partition coefficient (Wildman–Crippen LogP) is 3.42. The first-order valence-electron chi connectivity index (χ1n) is 14.7. The maximum Gasteiger partial charge on any atom is 0.253 e. The van der Waals surface area contributed by atoms with Crippen LogP contribution in [0.1, 0.15) is 46.5 Å². The number of ether oxygens (including phenoxy) is 2. The number of hydrogen-bond acceptors (Lipinski definition) is 6. The number of carbonyl (C=O) groups is 3. The summed E-state index contributed by atoms with van der Waals surface area (Å²) in [4.78, 5) is 48.2. The van der Waals surface area contributed by atoms with Crippen molar-refractivity contribution >= 4 is 23.4 Å². The first-order chi connectivity index (χ1) is 19.6. The lowest BCUT2D eigenvalue weighted by Crippen LogP contribution is -2.57. The molecule has 1 spiro atoms. The summed E-state index contributed by atoms with van der Waals surface area (Å²) in [5.74, 6) is -1.48. The molecule has 9 heteroatoms. The van der Waals surface area contributed by atoms with E-state index in [-0.39, 0.29) is 36.8 Å². The molecule has 9 nitrogen and oxygen atoms in total. The molecule has 0 aromatic heterocycles. The third-order valence-electron chi connectivity index (χ3n) is 9.24. The van der Waals surface area contributed by atoms with Crippen molar-refractivity contribution in [2.45, 2.75) is 63.7 Å². The Morgan fingerprint density at radius 2 is 1.85 bits per heavy atom. The molecule has 3 heterocycles. The van der Waals surface area contributed by atoms with Crippen LogP contribution in [0.25, 0.3) is 0 Å². The number of likely N-dealkylation sites (tertiary alicyclic amines) is 1. The fraction of sp³-hybridized carbons (Fsp3) is 0.594. The number of nitrogens with zero attached hydrogens (tertiary/aromatic N) is 3. The minimum absolute atomic E-state index is 0.0100. The molecule has 224 valence electrons. The Morgan fingerprint density at radius 1 is 1.17 bits per heavy atom. The molecule has 3 aliphatic rings. The molecule has 3 aliphatic heterocycles. The SMILES string of the molecule is C=CCN(CCC)C(=O)[C@H]1[C@H]2C(=O)N(CCCCO)C(C(=O)N(CC=C)c3ccc(OC)cc3)C23CC(C)[C@]1(C)O3. The number of aliphatic hydroxyl groups is 1. The van der Waals surface area contributed by atoms with Crippen molar-refractivity contribution < 1.29 is 29.0 Å². The summed E-state index contributed by atoms with van der Waals surface area (Å²) in [5, 5.41) is 9.46. The number of aliphatic hydroxyl groups excluding tert-OH is 1. The van der Waals surface area contributed by atoms with E-state index in [1.54, 1.807) is 46.1 Å². The van der Waals surface area contributed by atoms with Crippen LogP contribution in [0.4, 0.5) is 5.69 Å². The lowest BCUT2D eigenvalue weighted by molar-refractivity contribution is -0.151. The molecule has 1 N–H and O–H groups in total. The van der Waals surface area contributed by atoms with Gasteiger partial charge in [0, 0.05) is 38.5 Å². The van der Waals surface area contributed by atoms with Crippen molar-refractivity contribution in [1.29, 1.82) is 0 Å². The normalized spacial score (nSPS) is 29.8. The van der Waals surface area contributed by atoms with Crippen LogP contribution in [0.2, 0.25) is 0 Å². The molecular formula is C32H45N3O6. The van der Waals surface area contributed by atoms with Crippen LogP contribution in [-0.2, 0) is 19.1 Å². The second kappa shape index (κ2) is 12.4. The number of methoxy groups -OCH3 is 1. The molecule has 1 aromatic carbocycles. The lowest BCUT2D eigenvalue weighted by Gasteiger charge is -2.39. The maximum absolute atomic E-state index is 14.6. The number of unbranched alkanes of at least 4 members (excludes halogenated alkanes) is 1. The molecular weight excluding hydrogens is 522 g/mol. The van der Waals surface area contributed by atoms with Crippen molar-refractivity contribution in [2.24, 2.45) is 17.8 Å². The molecule has 0 aliphatic carbocycles. The van der Waals surface area contributed by atoms with Gasteiger partial charge in [-0.2, -0.15) is 0 Å². The Labute approximate surface area is 243 Å². The van der Waals surface area contributed by atoms with E-state index in [1.165, 1.54) is 0 Å². The molecule has 3 fully saturated rings. The van der Waals surface area contributed by atoms with E-state index in [1.807, 2.05) is 32.9 Å². The smallest absolute Gasteiger partial charge is 0.253 e. The number of anilines is 1. The molecule has 4 rings (SSSR count). The first kappa shape index (κ1) is 30.8. The zero-order chi connectivity index (χ0) is 29.9. The van der Waals surface area contributed by atoms with Gasteiger partial charge in [0.15, 0.2) is 0 Å². The van der Waals surface area contributed by atoms with Crippen LogP contribution in [0.5, 0.6) is 5.75 Å². The number of hydrogen-bond donors (Lipinski definition) is 1. The monoisotopic (exact) mass is 567 g/mol. The number of rotatable bonds is 14. The molecule has 3 saturated heterocycles. The van der Waals surface area contributed by atoms with E-state index in [0.29, 0.717) is 50.3 Å². The number of fused-ring (bicyclic) bond motifs is 1. The summed E-state index contributed by atoms with van der Waals surface area (Å²) in [7, 11) is 1.58. The Balaban J connectivity index is 1.81. The fourth-order valence-electron chi connectivity index (χ4n) is 7.30. The highest BCUT2D eigenvalue weighted by Gasteiger charge is 2.80.